The molecule has 2 aromatic carbocycles. The number of thioether (sulfide) groups is 1. The number of nitrogens with zero attached hydrogens (tertiary/aromatic N) is 3. The first-order valence-corrected chi connectivity index (χ1v) is 9.94. The summed E-state index contributed by atoms with van der Waals surface area (Å²) in [6.07, 6.45) is 5.50. The minimum absolute atomic E-state index is 0.0689. The first-order chi connectivity index (χ1) is 13.2. The molecule has 27 heavy (non-hydrogen) atoms. The van der Waals surface area contributed by atoms with Gasteiger partial charge in [-0.05, 0) is 29.9 Å². The van der Waals surface area contributed by atoms with Crippen molar-refractivity contribution < 1.29 is 0 Å². The molecular formula is C22H19N3OS. The number of aromatic nitrogens is 3. The molecule has 4 rings (SSSR count). The van der Waals surface area contributed by atoms with Gasteiger partial charge in [0, 0.05) is 18.0 Å². The Balaban J connectivity index is 1.97. The Labute approximate surface area is 161 Å². The van der Waals surface area contributed by atoms with E-state index >= 15 is 0 Å². The fourth-order valence-electron chi connectivity index (χ4n) is 3.17. The average Bonchev–Trinajstić information content (AvgIpc) is 2.72. The van der Waals surface area contributed by atoms with Gasteiger partial charge in [-0.3, -0.25) is 4.79 Å². The van der Waals surface area contributed by atoms with Gasteiger partial charge in [-0.2, -0.15) is 0 Å². The summed E-state index contributed by atoms with van der Waals surface area (Å²) in [4.78, 5) is 22.1. The molecule has 0 saturated carbocycles. The van der Waals surface area contributed by atoms with Gasteiger partial charge in [0.15, 0.2) is 5.16 Å². The number of hydrogen-bond acceptors (Lipinski definition) is 4. The molecule has 0 aliphatic carbocycles. The normalized spacial score (nSPS) is 11.0. The fraction of sp³-hybridized carbons (Fsp3) is 0.136. The Morgan fingerprint density at radius 1 is 1.04 bits per heavy atom. The van der Waals surface area contributed by atoms with Crippen LogP contribution in [-0.2, 0) is 6.54 Å². The van der Waals surface area contributed by atoms with Gasteiger partial charge >= 0.3 is 0 Å². The maximum absolute atomic E-state index is 13.1. The topological polar surface area (TPSA) is 47.8 Å². The minimum Gasteiger partial charge on any atom is -0.310 e. The van der Waals surface area contributed by atoms with Crippen molar-refractivity contribution in [1.29, 1.82) is 0 Å². The third-order valence-electron chi connectivity index (χ3n) is 4.67. The molecule has 2 heterocycles. The van der Waals surface area contributed by atoms with Crippen LogP contribution < -0.4 is 5.56 Å². The highest BCUT2D eigenvalue weighted by Crippen LogP contribution is 2.26. The van der Waals surface area contributed by atoms with Crippen LogP contribution >= 0.6 is 11.8 Å². The van der Waals surface area contributed by atoms with Crippen molar-refractivity contribution in [3.05, 3.63) is 88.5 Å². The van der Waals surface area contributed by atoms with Crippen molar-refractivity contribution >= 4 is 22.7 Å². The smallest absolute Gasteiger partial charge is 0.261 e. The monoisotopic (exact) mass is 373 g/mol. The number of aryl methyl sites for hydroxylation is 1. The first-order valence-electron chi connectivity index (χ1n) is 8.71. The van der Waals surface area contributed by atoms with Gasteiger partial charge < -0.3 is 4.57 Å². The zero-order valence-electron chi connectivity index (χ0n) is 15.2. The average molecular weight is 373 g/mol. The van der Waals surface area contributed by atoms with Crippen LogP contribution in [0.5, 0.6) is 0 Å². The minimum atomic E-state index is -0.0689. The number of pyridine rings is 1. The predicted molar refractivity (Wildman–Crippen MR) is 111 cm³/mol. The van der Waals surface area contributed by atoms with E-state index in [9.17, 15) is 4.79 Å². The largest absolute Gasteiger partial charge is 0.310 e. The highest BCUT2D eigenvalue weighted by Gasteiger charge is 2.14. The fourth-order valence-corrected chi connectivity index (χ4v) is 3.51. The van der Waals surface area contributed by atoms with E-state index < -0.39 is 0 Å². The van der Waals surface area contributed by atoms with Crippen molar-refractivity contribution in [2.24, 2.45) is 0 Å². The summed E-state index contributed by atoms with van der Waals surface area (Å²) in [5.41, 5.74) is 4.90. The van der Waals surface area contributed by atoms with Crippen molar-refractivity contribution in [3.63, 3.8) is 0 Å². The summed E-state index contributed by atoms with van der Waals surface area (Å²) >= 11 is 1.47. The maximum atomic E-state index is 13.1. The second kappa shape index (κ2) is 7.37. The lowest BCUT2D eigenvalue weighted by Gasteiger charge is -2.13. The number of hydrogen-bond donors (Lipinski definition) is 0. The molecule has 0 spiro atoms. The molecule has 0 aliphatic heterocycles. The van der Waals surface area contributed by atoms with Crippen molar-refractivity contribution in [3.8, 4) is 11.1 Å². The number of benzene rings is 2. The zero-order chi connectivity index (χ0) is 18.8. The Morgan fingerprint density at radius 3 is 2.52 bits per heavy atom. The summed E-state index contributed by atoms with van der Waals surface area (Å²) in [6, 6.07) is 18.2. The van der Waals surface area contributed by atoms with Gasteiger partial charge in [-0.25, -0.2) is 9.97 Å². The van der Waals surface area contributed by atoms with Crippen molar-refractivity contribution in [2.45, 2.75) is 18.6 Å². The van der Waals surface area contributed by atoms with Crippen LogP contribution in [0.2, 0.25) is 0 Å². The Morgan fingerprint density at radius 2 is 1.78 bits per heavy atom. The molecule has 4 nitrogen and oxygen atoms in total. The third kappa shape index (κ3) is 3.38. The summed E-state index contributed by atoms with van der Waals surface area (Å²) in [6.45, 7) is 2.58. The molecule has 0 atom stereocenters. The molecule has 0 amide bonds. The second-order valence-corrected chi connectivity index (χ2v) is 7.16. The quantitative estimate of drug-likeness (QED) is 0.389. The molecule has 0 N–H and O–H groups in total. The summed E-state index contributed by atoms with van der Waals surface area (Å²) in [5, 5.41) is 1.21. The van der Waals surface area contributed by atoms with Gasteiger partial charge in [-0.15, -0.1) is 0 Å². The maximum Gasteiger partial charge on any atom is 0.261 e. The van der Waals surface area contributed by atoms with Crippen LogP contribution in [-0.4, -0.2) is 20.8 Å². The highest BCUT2D eigenvalue weighted by molar-refractivity contribution is 7.98. The molecule has 2 aromatic heterocycles. The molecule has 0 aliphatic rings. The van der Waals surface area contributed by atoms with Crippen molar-refractivity contribution in [1.82, 2.24) is 14.5 Å². The molecule has 0 bridgehead atoms. The lowest BCUT2D eigenvalue weighted by molar-refractivity contribution is 0.762. The Hall–Kier alpha value is -2.92. The lowest BCUT2D eigenvalue weighted by atomic mass is 10.0. The van der Waals surface area contributed by atoms with Crippen LogP contribution in [0.1, 0.15) is 11.1 Å². The van der Waals surface area contributed by atoms with E-state index in [1.54, 1.807) is 10.8 Å². The molecule has 0 unspecified atom stereocenters. The van der Waals surface area contributed by atoms with Crippen LogP contribution in [0, 0.1) is 6.92 Å². The summed E-state index contributed by atoms with van der Waals surface area (Å²) < 4.78 is 1.76. The van der Waals surface area contributed by atoms with Crippen LogP contribution in [0.3, 0.4) is 0 Å². The molecule has 5 heteroatoms. The van der Waals surface area contributed by atoms with E-state index in [4.69, 9.17) is 0 Å². The van der Waals surface area contributed by atoms with E-state index in [0.717, 1.165) is 16.7 Å². The predicted octanol–water partition coefficient (Wildman–Crippen LogP) is 4.54. The summed E-state index contributed by atoms with van der Waals surface area (Å²) in [7, 11) is 0. The van der Waals surface area contributed by atoms with Crippen molar-refractivity contribution in [2.75, 3.05) is 6.26 Å². The first kappa shape index (κ1) is 17.5. The van der Waals surface area contributed by atoms with Gasteiger partial charge in [0.05, 0.1) is 17.4 Å². The van der Waals surface area contributed by atoms with Gasteiger partial charge in [0.2, 0.25) is 0 Å². The highest BCUT2D eigenvalue weighted by atomic mass is 32.2. The van der Waals surface area contributed by atoms with E-state index in [-0.39, 0.29) is 5.56 Å². The number of fused-ring (bicyclic) bond motifs is 1. The molecule has 4 aromatic rings. The molecule has 0 radical (unpaired) electrons. The Kier molecular flexibility index (Phi) is 4.77. The second-order valence-electron chi connectivity index (χ2n) is 6.39. The standard InChI is InChI=1S/C22H19N3OS/c1-15-8-6-7-11-17(15)13-25-14-19(16-9-4-3-5-10-16)20-18(21(25)26)12-23-22(24-20)27-2/h3-12,14H,13H2,1-2H3. The molecule has 0 saturated heterocycles. The van der Waals surface area contributed by atoms with E-state index in [0.29, 0.717) is 22.6 Å². The van der Waals surface area contributed by atoms with Crippen LogP contribution in [0.15, 0.2) is 76.9 Å². The van der Waals surface area contributed by atoms with Crippen LogP contribution in [0.25, 0.3) is 22.0 Å². The summed E-state index contributed by atoms with van der Waals surface area (Å²) in [5.74, 6) is 0. The zero-order valence-corrected chi connectivity index (χ0v) is 16.0. The molecular weight excluding hydrogens is 354 g/mol. The van der Waals surface area contributed by atoms with E-state index in [1.807, 2.05) is 54.9 Å². The van der Waals surface area contributed by atoms with E-state index in [1.165, 1.54) is 17.3 Å². The van der Waals surface area contributed by atoms with Gasteiger partial charge in [0.25, 0.3) is 5.56 Å². The van der Waals surface area contributed by atoms with Gasteiger partial charge in [0.1, 0.15) is 0 Å². The third-order valence-corrected chi connectivity index (χ3v) is 5.23. The SMILES string of the molecule is CSc1ncc2c(=O)n(Cc3ccccc3C)cc(-c3ccccc3)c2n1. The Bertz CT molecular complexity index is 1170. The van der Waals surface area contributed by atoms with Crippen LogP contribution in [0.4, 0.5) is 0 Å². The van der Waals surface area contributed by atoms with Gasteiger partial charge in [-0.1, -0.05) is 66.4 Å². The lowest BCUT2D eigenvalue weighted by Crippen LogP contribution is -2.22. The number of rotatable bonds is 4. The molecule has 0 fully saturated rings. The molecule has 134 valence electrons. The van der Waals surface area contributed by atoms with E-state index in [2.05, 4.69) is 29.0 Å².